The first-order chi connectivity index (χ1) is 9.61. The molecule has 1 aliphatic rings. The fourth-order valence-corrected chi connectivity index (χ4v) is 2.75. The van der Waals surface area contributed by atoms with Crippen LogP contribution in [0.25, 0.3) is 11.4 Å². The second-order valence-corrected chi connectivity index (χ2v) is 5.20. The van der Waals surface area contributed by atoms with Gasteiger partial charge in [0.05, 0.1) is 5.69 Å². The van der Waals surface area contributed by atoms with Crippen LogP contribution in [0.15, 0.2) is 29.1 Å². The molecule has 0 unspecified atom stereocenters. The number of hydrogen-bond donors (Lipinski definition) is 2. The van der Waals surface area contributed by atoms with Crippen LogP contribution in [-0.4, -0.2) is 15.1 Å². The molecular weight excluding hydrogens is 259 g/mol. The van der Waals surface area contributed by atoms with E-state index in [9.17, 15) is 14.3 Å². The van der Waals surface area contributed by atoms with E-state index in [1.807, 2.05) is 0 Å². The van der Waals surface area contributed by atoms with E-state index < -0.39 is 5.82 Å². The van der Waals surface area contributed by atoms with Gasteiger partial charge in [-0.15, -0.1) is 0 Å². The quantitative estimate of drug-likeness (QED) is 0.884. The molecule has 1 aromatic carbocycles. The Hall–Kier alpha value is -2.17. The Morgan fingerprint density at radius 3 is 2.65 bits per heavy atom. The zero-order chi connectivity index (χ0) is 14.1. The molecule has 20 heavy (non-hydrogen) atoms. The van der Waals surface area contributed by atoms with Gasteiger partial charge in [-0.1, -0.05) is 12.8 Å². The van der Waals surface area contributed by atoms with Crippen molar-refractivity contribution >= 4 is 0 Å². The third-order valence-electron chi connectivity index (χ3n) is 3.69. The van der Waals surface area contributed by atoms with Crippen LogP contribution in [0.3, 0.4) is 0 Å². The molecule has 4 nitrogen and oxygen atoms in total. The predicted molar refractivity (Wildman–Crippen MR) is 73.1 cm³/mol. The van der Waals surface area contributed by atoms with Gasteiger partial charge >= 0.3 is 0 Å². The summed E-state index contributed by atoms with van der Waals surface area (Å²) < 4.78 is 13.3. The monoisotopic (exact) mass is 274 g/mol. The lowest BCUT2D eigenvalue weighted by molar-refractivity contribution is 0.469. The SMILES string of the molecule is O=c1cc(C2CCCC2)nc(-c2cc(O)cc(F)c2)[nH]1. The van der Waals surface area contributed by atoms with E-state index in [-0.39, 0.29) is 11.3 Å². The van der Waals surface area contributed by atoms with Gasteiger partial charge in [0.15, 0.2) is 0 Å². The van der Waals surface area contributed by atoms with Crippen LogP contribution in [0.1, 0.15) is 37.3 Å². The zero-order valence-electron chi connectivity index (χ0n) is 10.9. The average Bonchev–Trinajstić information content (AvgIpc) is 2.90. The summed E-state index contributed by atoms with van der Waals surface area (Å²) in [6.07, 6.45) is 4.36. The number of H-pyrrole nitrogens is 1. The summed E-state index contributed by atoms with van der Waals surface area (Å²) in [5.74, 6) is -0.143. The van der Waals surface area contributed by atoms with Crippen molar-refractivity contribution in [3.63, 3.8) is 0 Å². The van der Waals surface area contributed by atoms with Gasteiger partial charge in [-0.3, -0.25) is 4.79 Å². The molecule has 0 amide bonds. The first-order valence-electron chi connectivity index (χ1n) is 6.73. The lowest BCUT2D eigenvalue weighted by Crippen LogP contribution is -2.12. The molecular formula is C15H15FN2O2. The predicted octanol–water partition coefficient (Wildman–Crippen LogP) is 2.94. The van der Waals surface area contributed by atoms with Gasteiger partial charge in [-0.25, -0.2) is 9.37 Å². The number of halogens is 1. The van der Waals surface area contributed by atoms with Crippen molar-refractivity contribution in [1.29, 1.82) is 0 Å². The van der Waals surface area contributed by atoms with Crippen molar-refractivity contribution in [3.8, 4) is 17.1 Å². The van der Waals surface area contributed by atoms with Crippen LogP contribution >= 0.6 is 0 Å². The van der Waals surface area contributed by atoms with E-state index in [1.54, 1.807) is 0 Å². The molecule has 1 heterocycles. The molecule has 0 saturated heterocycles. The third kappa shape index (κ3) is 2.57. The molecule has 1 aromatic heterocycles. The van der Waals surface area contributed by atoms with Crippen LogP contribution in [0.2, 0.25) is 0 Å². The number of nitrogens with zero attached hydrogens (tertiary/aromatic N) is 1. The molecule has 0 spiro atoms. The number of phenols is 1. The summed E-state index contributed by atoms with van der Waals surface area (Å²) in [7, 11) is 0. The van der Waals surface area contributed by atoms with Crippen LogP contribution < -0.4 is 5.56 Å². The van der Waals surface area contributed by atoms with Crippen LogP contribution in [0.5, 0.6) is 5.75 Å². The highest BCUT2D eigenvalue weighted by Crippen LogP contribution is 2.33. The van der Waals surface area contributed by atoms with Crippen molar-refractivity contribution in [1.82, 2.24) is 9.97 Å². The molecule has 1 fully saturated rings. The number of aromatic nitrogens is 2. The fraction of sp³-hybridized carbons (Fsp3) is 0.333. The summed E-state index contributed by atoms with van der Waals surface area (Å²) in [6.45, 7) is 0. The minimum absolute atomic E-state index is 0.186. The van der Waals surface area contributed by atoms with E-state index in [4.69, 9.17) is 0 Å². The molecule has 2 N–H and O–H groups in total. The number of aromatic amines is 1. The normalized spacial score (nSPS) is 15.7. The zero-order valence-corrected chi connectivity index (χ0v) is 10.9. The standard InChI is InChI=1S/C15H15FN2O2/c16-11-5-10(6-12(19)7-11)15-17-13(8-14(20)18-15)9-3-1-2-4-9/h5-9,19H,1-4H2,(H,17,18,20). The number of phenolic OH excluding ortho intramolecular Hbond substituents is 1. The van der Waals surface area contributed by atoms with Gasteiger partial charge in [-0.05, 0) is 25.0 Å². The molecule has 0 aliphatic heterocycles. The molecule has 3 rings (SSSR count). The Kier molecular flexibility index (Phi) is 3.26. The number of hydrogen-bond acceptors (Lipinski definition) is 3. The number of aromatic hydroxyl groups is 1. The van der Waals surface area contributed by atoms with Gasteiger partial charge in [0.2, 0.25) is 0 Å². The topological polar surface area (TPSA) is 66.0 Å². The maximum atomic E-state index is 13.3. The van der Waals surface area contributed by atoms with Gasteiger partial charge in [0.1, 0.15) is 17.4 Å². The van der Waals surface area contributed by atoms with Crippen molar-refractivity contribution in [2.75, 3.05) is 0 Å². The third-order valence-corrected chi connectivity index (χ3v) is 3.69. The van der Waals surface area contributed by atoms with Crippen molar-refractivity contribution < 1.29 is 9.50 Å². The molecule has 104 valence electrons. The van der Waals surface area contributed by atoms with Crippen molar-refractivity contribution in [2.24, 2.45) is 0 Å². The minimum Gasteiger partial charge on any atom is -0.508 e. The summed E-state index contributed by atoms with van der Waals surface area (Å²) in [5, 5.41) is 9.45. The Morgan fingerprint density at radius 1 is 1.20 bits per heavy atom. The number of rotatable bonds is 2. The Morgan fingerprint density at radius 2 is 1.95 bits per heavy atom. The van der Waals surface area contributed by atoms with Gasteiger partial charge in [0.25, 0.3) is 5.56 Å². The lowest BCUT2D eigenvalue weighted by Gasteiger charge is -2.10. The van der Waals surface area contributed by atoms with Gasteiger partial charge in [-0.2, -0.15) is 0 Å². The summed E-state index contributed by atoms with van der Waals surface area (Å²) >= 11 is 0. The average molecular weight is 274 g/mol. The minimum atomic E-state index is -0.561. The molecule has 0 atom stereocenters. The van der Waals surface area contributed by atoms with Crippen molar-refractivity contribution in [3.05, 3.63) is 46.1 Å². The smallest absolute Gasteiger partial charge is 0.251 e. The Balaban J connectivity index is 2.06. The highest BCUT2D eigenvalue weighted by atomic mass is 19.1. The number of benzene rings is 1. The molecule has 1 saturated carbocycles. The van der Waals surface area contributed by atoms with Gasteiger partial charge in [0, 0.05) is 23.6 Å². The van der Waals surface area contributed by atoms with Gasteiger partial charge < -0.3 is 10.1 Å². The molecule has 2 aromatic rings. The van der Waals surface area contributed by atoms with Crippen molar-refractivity contribution in [2.45, 2.75) is 31.6 Å². The number of nitrogens with one attached hydrogen (secondary N) is 1. The highest BCUT2D eigenvalue weighted by Gasteiger charge is 2.19. The summed E-state index contributed by atoms with van der Waals surface area (Å²) in [4.78, 5) is 18.8. The van der Waals surface area contributed by atoms with E-state index in [0.717, 1.165) is 37.4 Å². The summed E-state index contributed by atoms with van der Waals surface area (Å²) in [5.41, 5.74) is 0.880. The van der Waals surface area contributed by atoms with E-state index in [1.165, 1.54) is 18.2 Å². The largest absolute Gasteiger partial charge is 0.508 e. The molecule has 1 aliphatic carbocycles. The fourth-order valence-electron chi connectivity index (χ4n) is 2.75. The Labute approximate surface area is 115 Å². The summed E-state index contributed by atoms with van der Waals surface area (Å²) in [6, 6.07) is 5.16. The van der Waals surface area contributed by atoms with E-state index >= 15 is 0 Å². The second-order valence-electron chi connectivity index (χ2n) is 5.20. The van der Waals surface area contributed by atoms with E-state index in [2.05, 4.69) is 9.97 Å². The van der Waals surface area contributed by atoms with Crippen LogP contribution in [-0.2, 0) is 0 Å². The lowest BCUT2D eigenvalue weighted by atomic mass is 10.0. The molecule has 0 radical (unpaired) electrons. The molecule has 5 heteroatoms. The van der Waals surface area contributed by atoms with E-state index in [0.29, 0.717) is 17.3 Å². The highest BCUT2D eigenvalue weighted by molar-refractivity contribution is 5.57. The maximum absolute atomic E-state index is 13.3. The molecule has 0 bridgehead atoms. The first kappa shape index (κ1) is 12.8. The first-order valence-corrected chi connectivity index (χ1v) is 6.73. The Bertz CT molecular complexity index is 670. The van der Waals surface area contributed by atoms with Crippen LogP contribution in [0, 0.1) is 5.82 Å². The maximum Gasteiger partial charge on any atom is 0.251 e. The van der Waals surface area contributed by atoms with Crippen LogP contribution in [0.4, 0.5) is 4.39 Å². The second kappa shape index (κ2) is 5.07.